The molecule has 1 heterocycles. The summed E-state index contributed by atoms with van der Waals surface area (Å²) in [5, 5.41) is 3.54. The summed E-state index contributed by atoms with van der Waals surface area (Å²) in [5.41, 5.74) is 1.12. The van der Waals surface area contributed by atoms with Gasteiger partial charge < -0.3 is 5.32 Å². The fraction of sp³-hybridized carbons (Fsp3) is 0.545. The molecule has 1 saturated carbocycles. The lowest BCUT2D eigenvalue weighted by Crippen LogP contribution is -2.25. The van der Waals surface area contributed by atoms with Crippen LogP contribution in [0.5, 0.6) is 0 Å². The van der Waals surface area contributed by atoms with Crippen LogP contribution in [0.15, 0.2) is 22.9 Å². The Balaban J connectivity index is 2.05. The van der Waals surface area contributed by atoms with Gasteiger partial charge >= 0.3 is 0 Å². The molecule has 1 fully saturated rings. The lowest BCUT2D eigenvalue weighted by atomic mass is 10.1. The molecule has 15 heavy (non-hydrogen) atoms. The molecule has 2 unspecified atom stereocenters. The van der Waals surface area contributed by atoms with E-state index in [9.17, 15) is 0 Å². The number of nitrogens with zero attached hydrogens (tertiary/aromatic N) is 1. The largest absolute Gasteiger partial charge is 0.381 e. The van der Waals surface area contributed by atoms with Crippen molar-refractivity contribution in [2.75, 3.05) is 11.2 Å². The van der Waals surface area contributed by atoms with E-state index in [1.165, 1.54) is 19.3 Å². The first-order chi connectivity index (χ1) is 7.31. The highest BCUT2D eigenvalue weighted by Crippen LogP contribution is 2.31. The van der Waals surface area contributed by atoms with E-state index in [1.807, 2.05) is 12.3 Å². The van der Waals surface area contributed by atoms with Crippen LogP contribution in [0.2, 0.25) is 0 Å². The Morgan fingerprint density at radius 3 is 3.13 bits per heavy atom. The second-order valence-corrected chi connectivity index (χ2v) is 5.11. The van der Waals surface area contributed by atoms with Crippen LogP contribution in [0.3, 0.4) is 0 Å². The van der Waals surface area contributed by atoms with E-state index in [-0.39, 0.29) is 0 Å². The molecule has 1 aromatic rings. The first kappa shape index (κ1) is 11.2. The van der Waals surface area contributed by atoms with Gasteiger partial charge in [0.2, 0.25) is 0 Å². The molecule has 0 aromatic carbocycles. The van der Waals surface area contributed by atoms with Crippen molar-refractivity contribution in [2.24, 2.45) is 5.92 Å². The summed E-state index contributed by atoms with van der Waals surface area (Å²) in [4.78, 5) is 4.05. The van der Waals surface area contributed by atoms with E-state index in [2.05, 4.69) is 26.2 Å². The number of aromatic nitrogens is 1. The Morgan fingerprint density at radius 2 is 2.40 bits per heavy atom. The van der Waals surface area contributed by atoms with Crippen LogP contribution in [0.4, 0.5) is 5.69 Å². The van der Waals surface area contributed by atoms with Crippen LogP contribution < -0.4 is 5.32 Å². The SMILES string of the molecule is ClCC1CCCC1Nc1ccncc1Br. The van der Waals surface area contributed by atoms with Gasteiger partial charge in [0.15, 0.2) is 0 Å². The van der Waals surface area contributed by atoms with Gasteiger partial charge in [0.1, 0.15) is 0 Å². The van der Waals surface area contributed by atoms with Crippen LogP contribution in [-0.2, 0) is 0 Å². The molecule has 1 N–H and O–H groups in total. The normalized spacial score (nSPS) is 25.5. The number of alkyl halides is 1. The molecule has 0 aliphatic heterocycles. The molecular formula is C11H14BrClN2. The van der Waals surface area contributed by atoms with Crippen molar-refractivity contribution in [1.82, 2.24) is 4.98 Å². The molecule has 0 saturated heterocycles. The minimum absolute atomic E-state index is 0.515. The average molecular weight is 290 g/mol. The number of hydrogen-bond donors (Lipinski definition) is 1. The zero-order valence-corrected chi connectivity index (χ0v) is 10.8. The van der Waals surface area contributed by atoms with E-state index in [0.717, 1.165) is 16.0 Å². The maximum atomic E-state index is 5.94. The summed E-state index contributed by atoms with van der Waals surface area (Å²) in [6.45, 7) is 0. The van der Waals surface area contributed by atoms with Crippen LogP contribution in [0.1, 0.15) is 19.3 Å². The highest BCUT2D eigenvalue weighted by molar-refractivity contribution is 9.10. The lowest BCUT2D eigenvalue weighted by molar-refractivity contribution is 0.562. The van der Waals surface area contributed by atoms with Gasteiger partial charge in [0.05, 0.1) is 10.2 Å². The van der Waals surface area contributed by atoms with Crippen molar-refractivity contribution in [1.29, 1.82) is 0 Å². The number of pyridine rings is 1. The minimum atomic E-state index is 0.515. The fourth-order valence-corrected chi connectivity index (χ4v) is 2.84. The highest BCUT2D eigenvalue weighted by Gasteiger charge is 2.26. The van der Waals surface area contributed by atoms with Crippen LogP contribution in [0.25, 0.3) is 0 Å². The van der Waals surface area contributed by atoms with Crippen molar-refractivity contribution in [3.63, 3.8) is 0 Å². The van der Waals surface area contributed by atoms with Crippen molar-refractivity contribution in [3.05, 3.63) is 22.9 Å². The molecule has 2 rings (SSSR count). The number of nitrogens with one attached hydrogen (secondary N) is 1. The molecule has 0 radical (unpaired) electrons. The van der Waals surface area contributed by atoms with Gasteiger partial charge in [0.25, 0.3) is 0 Å². The molecule has 0 bridgehead atoms. The maximum Gasteiger partial charge on any atom is 0.0590 e. The summed E-state index contributed by atoms with van der Waals surface area (Å²) >= 11 is 9.43. The second-order valence-electron chi connectivity index (χ2n) is 3.95. The standard InChI is InChI=1S/C11H14BrClN2/c12-9-7-14-5-4-11(9)15-10-3-1-2-8(10)6-13/h4-5,7-8,10H,1-3,6H2,(H,14,15). The minimum Gasteiger partial charge on any atom is -0.381 e. The Morgan fingerprint density at radius 1 is 1.53 bits per heavy atom. The Bertz CT molecular complexity index is 332. The van der Waals surface area contributed by atoms with Gasteiger partial charge in [-0.25, -0.2) is 0 Å². The number of anilines is 1. The van der Waals surface area contributed by atoms with Crippen LogP contribution >= 0.6 is 27.5 Å². The Kier molecular flexibility index (Phi) is 3.87. The predicted molar refractivity (Wildman–Crippen MR) is 67.4 cm³/mol. The van der Waals surface area contributed by atoms with Gasteiger partial charge in [-0.3, -0.25) is 4.98 Å². The van der Waals surface area contributed by atoms with E-state index >= 15 is 0 Å². The monoisotopic (exact) mass is 288 g/mol. The van der Waals surface area contributed by atoms with Gasteiger partial charge in [0, 0.05) is 24.3 Å². The maximum absolute atomic E-state index is 5.94. The van der Waals surface area contributed by atoms with Crippen molar-refractivity contribution < 1.29 is 0 Å². The predicted octanol–water partition coefficient (Wildman–Crippen LogP) is 3.66. The first-order valence-corrected chi connectivity index (χ1v) is 6.56. The van der Waals surface area contributed by atoms with Gasteiger partial charge in [-0.2, -0.15) is 0 Å². The number of halogens is 2. The third kappa shape index (κ3) is 2.64. The summed E-state index contributed by atoms with van der Waals surface area (Å²) < 4.78 is 1.02. The molecule has 1 aliphatic carbocycles. The first-order valence-electron chi connectivity index (χ1n) is 5.23. The van der Waals surface area contributed by atoms with Crippen molar-refractivity contribution in [3.8, 4) is 0 Å². The van der Waals surface area contributed by atoms with Crippen LogP contribution in [-0.4, -0.2) is 16.9 Å². The van der Waals surface area contributed by atoms with Gasteiger partial charge in [-0.15, -0.1) is 11.6 Å². The third-order valence-corrected chi connectivity index (χ3v) is 4.00. The molecule has 2 nitrogen and oxygen atoms in total. The smallest absolute Gasteiger partial charge is 0.0590 e. The van der Waals surface area contributed by atoms with Crippen molar-refractivity contribution >= 4 is 33.2 Å². The zero-order chi connectivity index (χ0) is 10.7. The molecule has 2 atom stereocenters. The van der Waals surface area contributed by atoms with Gasteiger partial charge in [-0.05, 0) is 40.8 Å². The van der Waals surface area contributed by atoms with Gasteiger partial charge in [-0.1, -0.05) is 6.42 Å². The number of hydrogen-bond acceptors (Lipinski definition) is 2. The third-order valence-electron chi connectivity index (χ3n) is 2.97. The molecule has 82 valence electrons. The Labute approximate surface area is 104 Å². The zero-order valence-electron chi connectivity index (χ0n) is 8.42. The highest BCUT2D eigenvalue weighted by atomic mass is 79.9. The number of rotatable bonds is 3. The fourth-order valence-electron chi connectivity index (χ4n) is 2.10. The quantitative estimate of drug-likeness (QED) is 0.859. The van der Waals surface area contributed by atoms with E-state index in [1.54, 1.807) is 6.20 Å². The van der Waals surface area contributed by atoms with Crippen molar-refractivity contribution in [2.45, 2.75) is 25.3 Å². The topological polar surface area (TPSA) is 24.9 Å². The molecule has 4 heteroatoms. The summed E-state index contributed by atoms with van der Waals surface area (Å²) in [6, 6.07) is 2.51. The van der Waals surface area contributed by atoms with E-state index in [4.69, 9.17) is 11.6 Å². The summed E-state index contributed by atoms with van der Waals surface area (Å²) in [7, 11) is 0. The molecule has 0 spiro atoms. The second kappa shape index (κ2) is 5.17. The molecular weight excluding hydrogens is 275 g/mol. The van der Waals surface area contributed by atoms with E-state index in [0.29, 0.717) is 12.0 Å². The molecule has 1 aliphatic rings. The lowest BCUT2D eigenvalue weighted by Gasteiger charge is -2.20. The average Bonchev–Trinajstić information content (AvgIpc) is 2.69. The summed E-state index contributed by atoms with van der Waals surface area (Å²) in [6.07, 6.45) is 7.35. The Hall–Kier alpha value is -0.280. The van der Waals surface area contributed by atoms with E-state index < -0.39 is 0 Å². The van der Waals surface area contributed by atoms with Crippen LogP contribution in [0, 0.1) is 5.92 Å². The summed E-state index contributed by atoms with van der Waals surface area (Å²) in [5.74, 6) is 1.35. The molecule has 0 amide bonds. The molecule has 1 aromatic heterocycles.